The average molecular weight is 275 g/mol. The van der Waals surface area contributed by atoms with E-state index in [1.54, 1.807) is 16.8 Å². The summed E-state index contributed by atoms with van der Waals surface area (Å²) in [7, 11) is 0. The lowest BCUT2D eigenvalue weighted by molar-refractivity contribution is 0.0691. The van der Waals surface area contributed by atoms with E-state index in [4.69, 9.17) is 0 Å². The minimum atomic E-state index is -1.12. The van der Waals surface area contributed by atoms with Crippen LogP contribution in [0.25, 0.3) is 11.3 Å². The van der Waals surface area contributed by atoms with Gasteiger partial charge in [-0.15, -0.1) is 5.10 Å². The van der Waals surface area contributed by atoms with Crippen molar-refractivity contribution in [3.05, 3.63) is 35.8 Å². The lowest BCUT2D eigenvalue weighted by atomic mass is 10.1. The molecule has 5 nitrogen and oxygen atoms in total. The number of carboxylic acid groups (broad SMARTS) is 1. The fraction of sp³-hybridized carbons (Fsp3) is 0.357. The lowest BCUT2D eigenvalue weighted by Gasteiger charge is -2.13. The minimum absolute atomic E-state index is 0.0801. The summed E-state index contributed by atoms with van der Waals surface area (Å²) in [4.78, 5) is 11.3. The Morgan fingerprint density at radius 3 is 2.50 bits per heavy atom. The summed E-state index contributed by atoms with van der Waals surface area (Å²) in [5, 5.41) is 17.0. The van der Waals surface area contributed by atoms with Crippen molar-refractivity contribution in [3.63, 3.8) is 0 Å². The Hall–Kier alpha value is -2.24. The predicted molar refractivity (Wildman–Crippen MR) is 69.9 cm³/mol. The smallest absolute Gasteiger partial charge is 0.358 e. The van der Waals surface area contributed by atoms with Gasteiger partial charge in [0.05, 0.1) is 6.04 Å². The van der Waals surface area contributed by atoms with Crippen LogP contribution in [0.1, 0.15) is 42.2 Å². The normalized spacial score (nSPS) is 15.7. The molecule has 1 aliphatic carbocycles. The van der Waals surface area contributed by atoms with E-state index in [1.165, 1.54) is 12.1 Å². The Bertz CT molecular complexity index is 630. The first-order valence-corrected chi connectivity index (χ1v) is 6.61. The van der Waals surface area contributed by atoms with E-state index >= 15 is 0 Å². The maximum Gasteiger partial charge on any atom is 0.358 e. The number of carboxylic acids is 1. The summed E-state index contributed by atoms with van der Waals surface area (Å²) in [6.45, 7) is 0. The molecule has 2 aromatic rings. The van der Waals surface area contributed by atoms with Crippen LogP contribution in [0.2, 0.25) is 0 Å². The first-order valence-electron chi connectivity index (χ1n) is 6.61. The largest absolute Gasteiger partial charge is 0.476 e. The molecule has 3 rings (SSSR count). The van der Waals surface area contributed by atoms with Gasteiger partial charge in [0, 0.05) is 5.56 Å². The summed E-state index contributed by atoms with van der Waals surface area (Å²) >= 11 is 0. The monoisotopic (exact) mass is 275 g/mol. The van der Waals surface area contributed by atoms with Crippen LogP contribution in [0.15, 0.2) is 24.3 Å². The molecule has 20 heavy (non-hydrogen) atoms. The highest BCUT2D eigenvalue weighted by molar-refractivity contribution is 5.92. The maximum absolute atomic E-state index is 13.0. The molecule has 104 valence electrons. The average Bonchev–Trinajstić information content (AvgIpc) is 3.08. The Balaban J connectivity index is 2.12. The molecule has 1 aromatic carbocycles. The summed E-state index contributed by atoms with van der Waals surface area (Å²) in [5.41, 5.74) is 1.01. The van der Waals surface area contributed by atoms with Gasteiger partial charge in [0.2, 0.25) is 0 Å². The summed E-state index contributed by atoms with van der Waals surface area (Å²) < 4.78 is 14.7. The van der Waals surface area contributed by atoms with Crippen LogP contribution in [0.4, 0.5) is 4.39 Å². The zero-order valence-electron chi connectivity index (χ0n) is 10.8. The van der Waals surface area contributed by atoms with Gasteiger partial charge in [-0.2, -0.15) is 0 Å². The van der Waals surface area contributed by atoms with Gasteiger partial charge in [-0.25, -0.2) is 13.9 Å². The topological polar surface area (TPSA) is 68.0 Å². The Labute approximate surface area is 115 Å². The van der Waals surface area contributed by atoms with Crippen LogP contribution in [0, 0.1) is 5.82 Å². The highest BCUT2D eigenvalue weighted by atomic mass is 19.1. The second kappa shape index (κ2) is 5.03. The second-order valence-corrected chi connectivity index (χ2v) is 4.98. The van der Waals surface area contributed by atoms with Crippen LogP contribution >= 0.6 is 0 Å². The maximum atomic E-state index is 13.0. The van der Waals surface area contributed by atoms with Gasteiger partial charge in [-0.05, 0) is 37.1 Å². The molecule has 6 heteroatoms. The number of hydrogen-bond donors (Lipinski definition) is 1. The van der Waals surface area contributed by atoms with Crippen molar-refractivity contribution in [1.29, 1.82) is 0 Å². The van der Waals surface area contributed by atoms with E-state index < -0.39 is 5.97 Å². The summed E-state index contributed by atoms with van der Waals surface area (Å²) in [6.07, 6.45) is 4.15. The van der Waals surface area contributed by atoms with Crippen LogP contribution in [0.3, 0.4) is 0 Å². The zero-order chi connectivity index (χ0) is 14.1. The lowest BCUT2D eigenvalue weighted by Crippen LogP contribution is -2.09. The van der Waals surface area contributed by atoms with Crippen molar-refractivity contribution >= 4 is 5.97 Å². The van der Waals surface area contributed by atoms with Crippen LogP contribution < -0.4 is 0 Å². The molecule has 0 spiro atoms. The highest BCUT2D eigenvalue weighted by Crippen LogP contribution is 2.34. The Kier molecular flexibility index (Phi) is 3.22. The van der Waals surface area contributed by atoms with Gasteiger partial charge < -0.3 is 5.11 Å². The van der Waals surface area contributed by atoms with Crippen molar-refractivity contribution in [3.8, 4) is 11.3 Å². The summed E-state index contributed by atoms with van der Waals surface area (Å²) in [5.74, 6) is -1.47. The first-order chi connectivity index (χ1) is 9.66. The molecule has 1 N–H and O–H groups in total. The van der Waals surface area contributed by atoms with Gasteiger partial charge in [0.25, 0.3) is 0 Å². The molecule has 0 unspecified atom stereocenters. The molecule has 0 atom stereocenters. The third-order valence-corrected chi connectivity index (χ3v) is 3.69. The van der Waals surface area contributed by atoms with Crippen molar-refractivity contribution in [2.24, 2.45) is 0 Å². The molecule has 1 aromatic heterocycles. The fourth-order valence-corrected chi connectivity index (χ4v) is 2.72. The SMILES string of the molecule is O=C(O)c1nnn(C2CCCC2)c1-c1ccc(F)cc1. The number of benzene rings is 1. The summed E-state index contributed by atoms with van der Waals surface area (Å²) in [6, 6.07) is 5.92. The minimum Gasteiger partial charge on any atom is -0.476 e. The fourth-order valence-electron chi connectivity index (χ4n) is 2.72. The highest BCUT2D eigenvalue weighted by Gasteiger charge is 2.26. The molecule has 1 saturated carbocycles. The molecule has 1 aliphatic rings. The van der Waals surface area contributed by atoms with E-state index in [0.29, 0.717) is 11.3 Å². The van der Waals surface area contributed by atoms with Crippen molar-refractivity contribution in [1.82, 2.24) is 15.0 Å². The second-order valence-electron chi connectivity index (χ2n) is 4.98. The third kappa shape index (κ3) is 2.17. The molecule has 1 fully saturated rings. The van der Waals surface area contributed by atoms with E-state index in [2.05, 4.69) is 10.3 Å². The van der Waals surface area contributed by atoms with E-state index in [9.17, 15) is 14.3 Å². The molecule has 0 saturated heterocycles. The number of aromatic carboxylic acids is 1. The number of carbonyl (C=O) groups is 1. The number of rotatable bonds is 3. The number of halogens is 1. The Morgan fingerprint density at radius 2 is 1.90 bits per heavy atom. The molecule has 0 bridgehead atoms. The molecule has 1 heterocycles. The molecular weight excluding hydrogens is 261 g/mol. The zero-order valence-corrected chi connectivity index (χ0v) is 10.8. The van der Waals surface area contributed by atoms with Crippen LogP contribution in [-0.2, 0) is 0 Å². The number of nitrogens with zero attached hydrogens (tertiary/aromatic N) is 3. The molecular formula is C14H14FN3O2. The van der Waals surface area contributed by atoms with Crippen molar-refractivity contribution in [2.75, 3.05) is 0 Å². The van der Waals surface area contributed by atoms with Crippen molar-refractivity contribution in [2.45, 2.75) is 31.7 Å². The molecule has 0 amide bonds. The molecule has 0 radical (unpaired) electrons. The van der Waals surface area contributed by atoms with Gasteiger partial charge >= 0.3 is 5.97 Å². The van der Waals surface area contributed by atoms with E-state index in [1.807, 2.05) is 0 Å². The van der Waals surface area contributed by atoms with Crippen LogP contribution in [-0.4, -0.2) is 26.1 Å². The van der Waals surface area contributed by atoms with Crippen molar-refractivity contribution < 1.29 is 14.3 Å². The van der Waals surface area contributed by atoms with E-state index in [0.717, 1.165) is 25.7 Å². The molecule has 0 aliphatic heterocycles. The van der Waals surface area contributed by atoms with Gasteiger partial charge in [-0.1, -0.05) is 18.1 Å². The third-order valence-electron chi connectivity index (χ3n) is 3.69. The predicted octanol–water partition coefficient (Wildman–Crippen LogP) is 2.90. The van der Waals surface area contributed by atoms with E-state index in [-0.39, 0.29) is 17.6 Å². The van der Waals surface area contributed by atoms with Gasteiger partial charge in [0.15, 0.2) is 5.69 Å². The number of hydrogen-bond acceptors (Lipinski definition) is 3. The Morgan fingerprint density at radius 1 is 1.25 bits per heavy atom. The first kappa shape index (κ1) is 12.8. The van der Waals surface area contributed by atoms with Gasteiger partial charge in [-0.3, -0.25) is 0 Å². The quantitative estimate of drug-likeness (QED) is 0.935. The number of aromatic nitrogens is 3. The van der Waals surface area contributed by atoms with Gasteiger partial charge in [0.1, 0.15) is 11.5 Å². The standard InChI is InChI=1S/C14H14FN3O2/c15-10-7-5-9(6-8-10)13-12(14(19)20)16-17-18(13)11-3-1-2-4-11/h5-8,11H,1-4H2,(H,19,20). The van der Waals surface area contributed by atoms with Crippen LogP contribution in [0.5, 0.6) is 0 Å².